The highest BCUT2D eigenvalue weighted by atomic mass is 16.5. The van der Waals surface area contributed by atoms with Crippen molar-refractivity contribution in [3.8, 4) is 0 Å². The Hall–Kier alpha value is -1.32. The average molecular weight is 266 g/mol. The van der Waals surface area contributed by atoms with E-state index in [1.165, 1.54) is 25.3 Å². The first-order valence-corrected chi connectivity index (χ1v) is 7.24. The number of hydrogen-bond acceptors (Lipinski definition) is 4. The topological polar surface area (TPSA) is 52.6 Å². The molecule has 0 N–H and O–H groups in total. The quantitative estimate of drug-likeness (QED) is 0.421. The standard InChI is InChI=1S/C15H22O4/c1-2-3-8-18-14(16)6-7-15(17)19-13-10-11-4-5-12(13)9-11/h6-7,11-13H,2-5,8-10H2,1H3/b7-6+. The first-order valence-electron chi connectivity index (χ1n) is 7.24. The summed E-state index contributed by atoms with van der Waals surface area (Å²) in [7, 11) is 0. The molecule has 106 valence electrons. The van der Waals surface area contributed by atoms with Crippen molar-refractivity contribution in [1.29, 1.82) is 0 Å². The van der Waals surface area contributed by atoms with Crippen LogP contribution >= 0.6 is 0 Å². The van der Waals surface area contributed by atoms with Gasteiger partial charge in [0, 0.05) is 12.2 Å². The lowest BCUT2D eigenvalue weighted by atomic mass is 9.98. The lowest BCUT2D eigenvalue weighted by Crippen LogP contribution is -2.23. The third-order valence-electron chi connectivity index (χ3n) is 4.04. The number of hydrogen-bond donors (Lipinski definition) is 0. The van der Waals surface area contributed by atoms with Crippen LogP contribution in [0.15, 0.2) is 12.2 Å². The molecule has 2 aliphatic carbocycles. The van der Waals surface area contributed by atoms with E-state index in [2.05, 4.69) is 0 Å². The summed E-state index contributed by atoms with van der Waals surface area (Å²) in [5.74, 6) is 0.382. The second-order valence-corrected chi connectivity index (χ2v) is 5.50. The van der Waals surface area contributed by atoms with Gasteiger partial charge in [-0.25, -0.2) is 9.59 Å². The van der Waals surface area contributed by atoms with Gasteiger partial charge in [-0.15, -0.1) is 0 Å². The monoisotopic (exact) mass is 266 g/mol. The van der Waals surface area contributed by atoms with Crippen molar-refractivity contribution in [3.05, 3.63) is 12.2 Å². The minimum atomic E-state index is -0.474. The molecule has 3 atom stereocenters. The van der Waals surface area contributed by atoms with Gasteiger partial charge < -0.3 is 9.47 Å². The summed E-state index contributed by atoms with van der Waals surface area (Å²) in [5.41, 5.74) is 0. The predicted octanol–water partition coefficient (Wildman–Crippen LogP) is 2.62. The Bertz CT molecular complexity index is 361. The van der Waals surface area contributed by atoms with Crippen LogP contribution in [0, 0.1) is 11.8 Å². The van der Waals surface area contributed by atoms with E-state index in [1.54, 1.807) is 0 Å². The van der Waals surface area contributed by atoms with Gasteiger partial charge in [0.15, 0.2) is 0 Å². The van der Waals surface area contributed by atoms with Crippen LogP contribution < -0.4 is 0 Å². The molecular formula is C15H22O4. The van der Waals surface area contributed by atoms with Crippen LogP contribution in [0.5, 0.6) is 0 Å². The first-order chi connectivity index (χ1) is 9.19. The number of esters is 2. The van der Waals surface area contributed by atoms with E-state index < -0.39 is 11.9 Å². The van der Waals surface area contributed by atoms with Crippen molar-refractivity contribution >= 4 is 11.9 Å². The normalized spacial score (nSPS) is 28.8. The summed E-state index contributed by atoms with van der Waals surface area (Å²) in [5, 5.41) is 0. The Morgan fingerprint density at radius 2 is 1.95 bits per heavy atom. The van der Waals surface area contributed by atoms with Crippen LogP contribution in [0.25, 0.3) is 0 Å². The summed E-state index contributed by atoms with van der Waals surface area (Å²) >= 11 is 0. The van der Waals surface area contributed by atoms with Gasteiger partial charge in [-0.1, -0.05) is 13.3 Å². The fourth-order valence-corrected chi connectivity index (χ4v) is 3.02. The molecule has 0 saturated heterocycles. The zero-order valence-electron chi connectivity index (χ0n) is 11.5. The molecule has 0 aromatic heterocycles. The number of carbonyl (C=O) groups excluding carboxylic acids is 2. The number of unbranched alkanes of at least 4 members (excludes halogenated alkanes) is 1. The number of fused-ring (bicyclic) bond motifs is 2. The highest BCUT2D eigenvalue weighted by molar-refractivity contribution is 5.91. The molecule has 3 unspecified atom stereocenters. The van der Waals surface area contributed by atoms with E-state index in [9.17, 15) is 9.59 Å². The Balaban J connectivity index is 1.67. The van der Waals surface area contributed by atoms with E-state index in [4.69, 9.17) is 9.47 Å². The summed E-state index contributed by atoms with van der Waals surface area (Å²) in [6.45, 7) is 2.43. The van der Waals surface area contributed by atoms with Gasteiger partial charge in [0.2, 0.25) is 0 Å². The largest absolute Gasteiger partial charge is 0.463 e. The average Bonchev–Trinajstić information content (AvgIpc) is 2.99. The van der Waals surface area contributed by atoms with Gasteiger partial charge in [0.05, 0.1) is 6.61 Å². The molecule has 2 bridgehead atoms. The zero-order valence-corrected chi connectivity index (χ0v) is 11.5. The Morgan fingerprint density at radius 3 is 2.58 bits per heavy atom. The summed E-state index contributed by atoms with van der Waals surface area (Å²) < 4.78 is 10.3. The van der Waals surface area contributed by atoms with Crippen LogP contribution in [0.4, 0.5) is 0 Å². The molecule has 0 amide bonds. The molecule has 0 radical (unpaired) electrons. The van der Waals surface area contributed by atoms with Gasteiger partial charge in [0.1, 0.15) is 6.10 Å². The number of ether oxygens (including phenoxy) is 2. The maximum absolute atomic E-state index is 11.6. The summed E-state index contributed by atoms with van der Waals surface area (Å²) in [4.78, 5) is 22.9. The summed E-state index contributed by atoms with van der Waals surface area (Å²) in [6, 6.07) is 0. The maximum atomic E-state index is 11.6. The third-order valence-corrected chi connectivity index (χ3v) is 4.04. The molecule has 0 aromatic rings. The molecule has 4 heteroatoms. The molecule has 2 aliphatic rings. The lowest BCUT2D eigenvalue weighted by molar-refractivity contribution is -0.146. The van der Waals surface area contributed by atoms with E-state index in [0.717, 1.165) is 31.3 Å². The van der Waals surface area contributed by atoms with E-state index >= 15 is 0 Å². The SMILES string of the molecule is CCCCOC(=O)/C=C/C(=O)OC1CC2CCC1C2. The predicted molar refractivity (Wildman–Crippen MR) is 70.3 cm³/mol. The van der Waals surface area contributed by atoms with Crippen molar-refractivity contribution in [1.82, 2.24) is 0 Å². The Labute approximate surface area is 114 Å². The molecule has 2 saturated carbocycles. The molecule has 2 rings (SSSR count). The van der Waals surface area contributed by atoms with Gasteiger partial charge in [-0.2, -0.15) is 0 Å². The molecule has 0 spiro atoms. The minimum absolute atomic E-state index is 0.0620. The van der Waals surface area contributed by atoms with Crippen LogP contribution in [0.1, 0.15) is 45.4 Å². The highest BCUT2D eigenvalue weighted by Gasteiger charge is 2.41. The van der Waals surface area contributed by atoms with Crippen molar-refractivity contribution in [3.63, 3.8) is 0 Å². The molecular weight excluding hydrogens is 244 g/mol. The van der Waals surface area contributed by atoms with Crippen LogP contribution in [-0.2, 0) is 19.1 Å². The second kappa shape index (κ2) is 6.73. The van der Waals surface area contributed by atoms with E-state index in [-0.39, 0.29) is 6.10 Å². The minimum Gasteiger partial charge on any atom is -0.463 e. The molecule has 0 aromatic carbocycles. The Kier molecular flexibility index (Phi) is 5.00. The van der Waals surface area contributed by atoms with Crippen LogP contribution in [-0.4, -0.2) is 24.6 Å². The fraction of sp³-hybridized carbons (Fsp3) is 0.733. The van der Waals surface area contributed by atoms with Gasteiger partial charge >= 0.3 is 11.9 Å². The van der Waals surface area contributed by atoms with Crippen molar-refractivity contribution in [2.75, 3.05) is 6.61 Å². The molecule has 4 nitrogen and oxygen atoms in total. The van der Waals surface area contributed by atoms with Crippen LogP contribution in [0.3, 0.4) is 0 Å². The Morgan fingerprint density at radius 1 is 1.16 bits per heavy atom. The molecule has 0 heterocycles. The van der Waals surface area contributed by atoms with Crippen molar-refractivity contribution in [2.24, 2.45) is 11.8 Å². The smallest absolute Gasteiger partial charge is 0.331 e. The lowest BCUT2D eigenvalue weighted by Gasteiger charge is -2.20. The van der Waals surface area contributed by atoms with E-state index in [1.807, 2.05) is 6.92 Å². The van der Waals surface area contributed by atoms with E-state index in [0.29, 0.717) is 12.5 Å². The van der Waals surface area contributed by atoms with Gasteiger partial charge in [-0.05, 0) is 43.9 Å². The van der Waals surface area contributed by atoms with Crippen molar-refractivity contribution in [2.45, 2.75) is 51.6 Å². The number of carbonyl (C=O) groups is 2. The van der Waals surface area contributed by atoms with Crippen molar-refractivity contribution < 1.29 is 19.1 Å². The molecule has 0 aliphatic heterocycles. The van der Waals surface area contributed by atoms with Gasteiger partial charge in [-0.3, -0.25) is 0 Å². The molecule has 19 heavy (non-hydrogen) atoms. The van der Waals surface area contributed by atoms with Gasteiger partial charge in [0.25, 0.3) is 0 Å². The second-order valence-electron chi connectivity index (χ2n) is 5.50. The number of rotatable bonds is 6. The van der Waals surface area contributed by atoms with Crippen LogP contribution in [0.2, 0.25) is 0 Å². The third kappa shape index (κ3) is 4.08. The zero-order chi connectivity index (χ0) is 13.7. The molecule has 2 fully saturated rings. The highest BCUT2D eigenvalue weighted by Crippen LogP contribution is 2.45. The maximum Gasteiger partial charge on any atom is 0.331 e. The fourth-order valence-electron chi connectivity index (χ4n) is 3.02. The first kappa shape index (κ1) is 14.1. The summed E-state index contributed by atoms with van der Waals surface area (Å²) in [6.07, 6.45) is 8.85.